The van der Waals surface area contributed by atoms with E-state index in [0.29, 0.717) is 23.2 Å². The van der Waals surface area contributed by atoms with Crippen LogP contribution < -0.4 is 9.47 Å². The molecule has 31 heavy (non-hydrogen) atoms. The summed E-state index contributed by atoms with van der Waals surface area (Å²) in [4.78, 5) is 19.2. The predicted molar refractivity (Wildman–Crippen MR) is 119 cm³/mol. The van der Waals surface area contributed by atoms with Crippen molar-refractivity contribution in [2.24, 2.45) is 0 Å². The molecule has 0 bridgehead atoms. The number of amides is 1. The van der Waals surface area contributed by atoms with Crippen molar-refractivity contribution in [1.82, 2.24) is 15.0 Å². The molecule has 0 saturated heterocycles. The van der Waals surface area contributed by atoms with Gasteiger partial charge in [-0.3, -0.25) is 4.79 Å². The van der Waals surface area contributed by atoms with Crippen LogP contribution in [0.1, 0.15) is 32.2 Å². The second-order valence-corrected chi connectivity index (χ2v) is 7.91. The van der Waals surface area contributed by atoms with Gasteiger partial charge in [0.15, 0.2) is 0 Å². The Morgan fingerprint density at radius 3 is 2.48 bits per heavy atom. The Bertz CT molecular complexity index is 1050. The van der Waals surface area contributed by atoms with E-state index in [2.05, 4.69) is 10.1 Å². The smallest absolute Gasteiger partial charge is 0.247 e. The number of nitrogens with zero attached hydrogens (tertiary/aromatic N) is 3. The van der Waals surface area contributed by atoms with Gasteiger partial charge in [-0.1, -0.05) is 35.5 Å². The van der Waals surface area contributed by atoms with Crippen LogP contribution in [0.15, 0.2) is 59.1 Å². The van der Waals surface area contributed by atoms with Crippen molar-refractivity contribution in [3.63, 3.8) is 0 Å². The molecule has 3 aromatic rings. The number of ether oxygens (including phenoxy) is 2. The topological polar surface area (TPSA) is 77.7 Å². The number of hydrogen-bond acceptors (Lipinski definition) is 6. The number of carbonyl (C=O) groups excluding carboxylic acids is 1. The summed E-state index contributed by atoms with van der Waals surface area (Å²) in [6.45, 7) is 6.08. The Kier molecular flexibility index (Phi) is 6.74. The largest absolute Gasteiger partial charge is 0.497 e. The molecule has 3 rings (SSSR count). The fourth-order valence-corrected chi connectivity index (χ4v) is 3.01. The quantitative estimate of drug-likeness (QED) is 0.519. The van der Waals surface area contributed by atoms with Crippen molar-refractivity contribution < 1.29 is 18.8 Å². The van der Waals surface area contributed by atoms with Crippen LogP contribution in [-0.2, 0) is 11.3 Å². The van der Waals surface area contributed by atoms with Gasteiger partial charge in [0.05, 0.1) is 14.2 Å². The molecule has 1 amide bonds. The summed E-state index contributed by atoms with van der Waals surface area (Å²) in [6.07, 6.45) is 3.24. The van der Waals surface area contributed by atoms with E-state index < -0.39 is 5.54 Å². The average Bonchev–Trinajstić information content (AvgIpc) is 3.24. The molecule has 1 heterocycles. The number of benzene rings is 2. The average molecular weight is 421 g/mol. The molecule has 0 aliphatic heterocycles. The van der Waals surface area contributed by atoms with Gasteiger partial charge in [-0.05, 0) is 39.0 Å². The van der Waals surface area contributed by atoms with Crippen LogP contribution in [0.2, 0.25) is 0 Å². The minimum Gasteiger partial charge on any atom is -0.497 e. The molecule has 0 atom stereocenters. The maximum atomic E-state index is 13.1. The van der Waals surface area contributed by atoms with E-state index >= 15 is 0 Å². The van der Waals surface area contributed by atoms with Crippen molar-refractivity contribution in [1.29, 1.82) is 0 Å². The summed E-state index contributed by atoms with van der Waals surface area (Å²) in [6, 6.07) is 15.0. The third kappa shape index (κ3) is 5.51. The molecule has 1 aromatic heterocycles. The number of methoxy groups -OCH3 is 2. The normalized spacial score (nSPS) is 11.5. The lowest BCUT2D eigenvalue weighted by atomic mass is 10.1. The highest BCUT2D eigenvalue weighted by atomic mass is 16.5. The summed E-state index contributed by atoms with van der Waals surface area (Å²) in [5, 5.41) is 4.04. The summed E-state index contributed by atoms with van der Waals surface area (Å²) in [7, 11) is 3.17. The molecule has 162 valence electrons. The lowest BCUT2D eigenvalue weighted by molar-refractivity contribution is -0.131. The first-order chi connectivity index (χ1) is 14.8. The van der Waals surface area contributed by atoms with Crippen LogP contribution >= 0.6 is 0 Å². The molecule has 0 aliphatic rings. The first-order valence-electron chi connectivity index (χ1n) is 9.91. The Morgan fingerprint density at radius 1 is 1.10 bits per heavy atom. The maximum absolute atomic E-state index is 13.1. The second-order valence-electron chi connectivity index (χ2n) is 7.91. The van der Waals surface area contributed by atoms with Crippen LogP contribution in [0.3, 0.4) is 0 Å². The predicted octanol–water partition coefficient (Wildman–Crippen LogP) is 4.59. The van der Waals surface area contributed by atoms with E-state index in [9.17, 15) is 4.79 Å². The van der Waals surface area contributed by atoms with E-state index in [-0.39, 0.29) is 12.5 Å². The highest BCUT2D eigenvalue weighted by molar-refractivity contribution is 5.92. The fraction of sp³-hybridized carbons (Fsp3) is 0.292. The monoisotopic (exact) mass is 421 g/mol. The van der Waals surface area contributed by atoms with Crippen LogP contribution in [0.5, 0.6) is 11.5 Å². The Hall–Kier alpha value is -3.61. The number of aromatic nitrogens is 2. The lowest BCUT2D eigenvalue weighted by Crippen LogP contribution is -2.44. The summed E-state index contributed by atoms with van der Waals surface area (Å²) in [5.41, 5.74) is 1.18. The highest BCUT2D eigenvalue weighted by Crippen LogP contribution is 2.26. The second kappa shape index (κ2) is 9.47. The lowest BCUT2D eigenvalue weighted by Gasteiger charge is -2.33. The van der Waals surface area contributed by atoms with Gasteiger partial charge >= 0.3 is 0 Å². The Balaban J connectivity index is 1.79. The van der Waals surface area contributed by atoms with E-state index in [1.807, 2.05) is 63.2 Å². The van der Waals surface area contributed by atoms with Crippen LogP contribution in [0.25, 0.3) is 17.5 Å². The Morgan fingerprint density at radius 2 is 1.84 bits per heavy atom. The minimum absolute atomic E-state index is 0.176. The summed E-state index contributed by atoms with van der Waals surface area (Å²) < 4.78 is 16.0. The first-order valence-corrected chi connectivity index (χ1v) is 9.91. The van der Waals surface area contributed by atoms with Crippen molar-refractivity contribution in [2.45, 2.75) is 32.9 Å². The number of hydrogen-bond donors (Lipinski definition) is 0. The van der Waals surface area contributed by atoms with Gasteiger partial charge in [-0.25, -0.2) is 0 Å². The number of rotatable bonds is 7. The van der Waals surface area contributed by atoms with E-state index in [4.69, 9.17) is 14.0 Å². The molecule has 7 heteroatoms. The van der Waals surface area contributed by atoms with E-state index in [1.54, 1.807) is 31.3 Å². The molecule has 0 saturated carbocycles. The zero-order chi connectivity index (χ0) is 22.4. The van der Waals surface area contributed by atoms with Gasteiger partial charge in [0.1, 0.15) is 18.0 Å². The minimum atomic E-state index is -0.452. The zero-order valence-corrected chi connectivity index (χ0v) is 18.5. The molecule has 0 aliphatic carbocycles. The van der Waals surface area contributed by atoms with Crippen molar-refractivity contribution in [3.8, 4) is 22.9 Å². The molecule has 0 N–H and O–H groups in total. The van der Waals surface area contributed by atoms with Gasteiger partial charge in [-0.15, -0.1) is 0 Å². The third-order valence-electron chi connectivity index (χ3n) is 4.72. The maximum Gasteiger partial charge on any atom is 0.247 e. The molecular weight excluding hydrogens is 394 g/mol. The highest BCUT2D eigenvalue weighted by Gasteiger charge is 2.27. The molecule has 0 spiro atoms. The molecular formula is C24H27N3O4. The van der Waals surface area contributed by atoms with E-state index in [0.717, 1.165) is 11.1 Å². The standard InChI is InChI=1S/C24H27N3O4/c1-24(2,3)27(16-21-25-23(26-31-21)18-9-7-6-8-10-18)22(28)14-12-17-11-13-19(29-4)15-20(17)30-5/h6-15H,16H2,1-5H3/b14-12+. The summed E-state index contributed by atoms with van der Waals surface area (Å²) in [5.74, 6) is 2.00. The Labute approximate surface area is 182 Å². The zero-order valence-electron chi connectivity index (χ0n) is 18.5. The third-order valence-corrected chi connectivity index (χ3v) is 4.72. The van der Waals surface area contributed by atoms with Crippen LogP contribution in [0.4, 0.5) is 0 Å². The fourth-order valence-electron chi connectivity index (χ4n) is 3.01. The summed E-state index contributed by atoms with van der Waals surface area (Å²) >= 11 is 0. The molecule has 0 fully saturated rings. The first kappa shape index (κ1) is 22.1. The van der Waals surface area contributed by atoms with Crippen molar-refractivity contribution in [3.05, 3.63) is 66.1 Å². The van der Waals surface area contributed by atoms with Gasteiger partial charge in [0.2, 0.25) is 17.6 Å². The van der Waals surface area contributed by atoms with E-state index in [1.165, 1.54) is 6.08 Å². The molecule has 7 nitrogen and oxygen atoms in total. The number of carbonyl (C=O) groups is 1. The van der Waals surface area contributed by atoms with Crippen molar-refractivity contribution >= 4 is 12.0 Å². The van der Waals surface area contributed by atoms with Crippen LogP contribution in [-0.4, -0.2) is 40.7 Å². The SMILES string of the molecule is COc1ccc(/C=C/C(=O)N(Cc2nc(-c3ccccc3)no2)C(C)(C)C)c(OC)c1. The van der Waals surface area contributed by atoms with Gasteiger partial charge in [0, 0.05) is 28.8 Å². The van der Waals surface area contributed by atoms with Gasteiger partial charge in [0.25, 0.3) is 0 Å². The molecule has 0 radical (unpaired) electrons. The van der Waals surface area contributed by atoms with Crippen LogP contribution in [0, 0.1) is 0 Å². The molecule has 0 unspecified atom stereocenters. The van der Waals surface area contributed by atoms with Gasteiger partial charge in [-0.2, -0.15) is 4.98 Å². The molecule has 2 aromatic carbocycles. The van der Waals surface area contributed by atoms with Gasteiger partial charge < -0.3 is 18.9 Å². The van der Waals surface area contributed by atoms with Crippen molar-refractivity contribution in [2.75, 3.05) is 14.2 Å².